The fourth-order valence-electron chi connectivity index (χ4n) is 2.03. The van der Waals surface area contributed by atoms with Crippen LogP contribution in [0.2, 0.25) is 0 Å². The maximum atomic E-state index is 11.7. The van der Waals surface area contributed by atoms with Crippen molar-refractivity contribution in [2.75, 3.05) is 26.3 Å². The van der Waals surface area contributed by atoms with E-state index in [1.165, 1.54) is 12.8 Å². The lowest BCUT2D eigenvalue weighted by Crippen LogP contribution is -2.57. The highest BCUT2D eigenvalue weighted by molar-refractivity contribution is 5.86. The maximum Gasteiger partial charge on any atom is 0.332 e. The Kier molecular flexibility index (Phi) is 4.60. The van der Waals surface area contributed by atoms with E-state index in [0.29, 0.717) is 25.6 Å². The van der Waals surface area contributed by atoms with Crippen LogP contribution in [-0.4, -0.2) is 55.0 Å². The SMILES string of the molecule is O=C(NCCCNC1CC1)NC1(C(=O)O)CCOC1. The van der Waals surface area contributed by atoms with Gasteiger partial charge in [-0.2, -0.15) is 0 Å². The number of amides is 2. The third-order valence-corrected chi connectivity index (χ3v) is 3.43. The third kappa shape index (κ3) is 4.07. The minimum absolute atomic E-state index is 0.0268. The van der Waals surface area contributed by atoms with Gasteiger partial charge in [-0.25, -0.2) is 9.59 Å². The van der Waals surface area contributed by atoms with E-state index in [4.69, 9.17) is 9.84 Å². The normalized spacial score (nSPS) is 26.1. The summed E-state index contributed by atoms with van der Waals surface area (Å²) in [6, 6.07) is 0.221. The maximum absolute atomic E-state index is 11.7. The zero-order valence-corrected chi connectivity index (χ0v) is 10.9. The smallest absolute Gasteiger partial charge is 0.332 e. The van der Waals surface area contributed by atoms with Gasteiger partial charge in [0.25, 0.3) is 0 Å². The van der Waals surface area contributed by atoms with Gasteiger partial charge >= 0.3 is 12.0 Å². The first-order chi connectivity index (χ1) is 9.12. The average molecular weight is 271 g/mol. The number of ether oxygens (including phenoxy) is 1. The van der Waals surface area contributed by atoms with Crippen LogP contribution in [0, 0.1) is 0 Å². The molecule has 2 rings (SSSR count). The summed E-state index contributed by atoms with van der Waals surface area (Å²) in [5.74, 6) is -1.05. The fraction of sp³-hybridized carbons (Fsp3) is 0.833. The van der Waals surface area contributed by atoms with E-state index in [9.17, 15) is 9.59 Å². The monoisotopic (exact) mass is 271 g/mol. The van der Waals surface area contributed by atoms with Gasteiger partial charge in [0.1, 0.15) is 0 Å². The predicted octanol–water partition coefficient (Wildman–Crippen LogP) is -0.329. The molecule has 2 amide bonds. The molecule has 1 aliphatic heterocycles. The Balaban J connectivity index is 1.63. The van der Waals surface area contributed by atoms with Crippen LogP contribution >= 0.6 is 0 Å². The first-order valence-electron chi connectivity index (χ1n) is 6.73. The third-order valence-electron chi connectivity index (χ3n) is 3.43. The molecule has 7 heteroatoms. The highest BCUT2D eigenvalue weighted by Gasteiger charge is 2.43. The standard InChI is InChI=1S/C12H21N3O4/c16-10(17)12(4-7-19-8-12)15-11(18)14-6-1-5-13-9-2-3-9/h9,13H,1-8H2,(H,16,17)(H2,14,15,18). The number of nitrogens with one attached hydrogen (secondary N) is 3. The van der Waals surface area contributed by atoms with Gasteiger partial charge in [0.2, 0.25) is 0 Å². The van der Waals surface area contributed by atoms with Crippen LogP contribution in [0.4, 0.5) is 4.79 Å². The Morgan fingerprint density at radius 3 is 2.68 bits per heavy atom. The van der Waals surface area contributed by atoms with Crippen molar-refractivity contribution in [3.8, 4) is 0 Å². The molecule has 0 bridgehead atoms. The minimum atomic E-state index is -1.27. The number of hydrogen-bond donors (Lipinski definition) is 4. The number of carbonyl (C=O) groups excluding carboxylic acids is 1. The fourth-order valence-corrected chi connectivity index (χ4v) is 2.03. The van der Waals surface area contributed by atoms with Crippen LogP contribution in [0.3, 0.4) is 0 Å². The van der Waals surface area contributed by atoms with Gasteiger partial charge in [-0.3, -0.25) is 0 Å². The summed E-state index contributed by atoms with van der Waals surface area (Å²) in [4.78, 5) is 22.8. The van der Waals surface area contributed by atoms with E-state index in [0.717, 1.165) is 13.0 Å². The van der Waals surface area contributed by atoms with Crippen molar-refractivity contribution in [1.29, 1.82) is 0 Å². The van der Waals surface area contributed by atoms with Gasteiger partial charge in [0.15, 0.2) is 5.54 Å². The molecular weight excluding hydrogens is 250 g/mol. The second-order valence-electron chi connectivity index (χ2n) is 5.15. The number of carbonyl (C=O) groups is 2. The van der Waals surface area contributed by atoms with Gasteiger partial charge in [-0.05, 0) is 25.8 Å². The van der Waals surface area contributed by atoms with Crippen molar-refractivity contribution < 1.29 is 19.4 Å². The summed E-state index contributed by atoms with van der Waals surface area (Å²) >= 11 is 0. The first kappa shape index (κ1) is 14.1. The Bertz CT molecular complexity index is 338. The lowest BCUT2D eigenvalue weighted by molar-refractivity contribution is -0.144. The van der Waals surface area contributed by atoms with Gasteiger partial charge < -0.3 is 25.8 Å². The molecule has 2 fully saturated rings. The highest BCUT2D eigenvalue weighted by Crippen LogP contribution is 2.19. The Hall–Kier alpha value is -1.34. The van der Waals surface area contributed by atoms with E-state index in [1.54, 1.807) is 0 Å². The molecule has 0 aromatic heterocycles. The molecule has 108 valence electrons. The Labute approximate surface area is 112 Å². The van der Waals surface area contributed by atoms with Crippen molar-refractivity contribution in [3.63, 3.8) is 0 Å². The second kappa shape index (κ2) is 6.21. The predicted molar refractivity (Wildman–Crippen MR) is 68.0 cm³/mol. The first-order valence-corrected chi connectivity index (χ1v) is 6.73. The van der Waals surface area contributed by atoms with E-state index >= 15 is 0 Å². The molecule has 1 heterocycles. The number of carboxylic acids is 1. The minimum Gasteiger partial charge on any atom is -0.479 e. The largest absolute Gasteiger partial charge is 0.479 e. The molecule has 4 N–H and O–H groups in total. The summed E-state index contributed by atoms with van der Waals surface area (Å²) in [5.41, 5.74) is -1.27. The Morgan fingerprint density at radius 1 is 1.32 bits per heavy atom. The van der Waals surface area contributed by atoms with Crippen LogP contribution < -0.4 is 16.0 Å². The topological polar surface area (TPSA) is 99.7 Å². The van der Waals surface area contributed by atoms with E-state index < -0.39 is 17.5 Å². The average Bonchev–Trinajstić information content (AvgIpc) is 3.06. The molecule has 1 aliphatic carbocycles. The van der Waals surface area contributed by atoms with Crippen molar-refractivity contribution in [1.82, 2.24) is 16.0 Å². The summed E-state index contributed by atoms with van der Waals surface area (Å²) in [5, 5.41) is 17.7. The molecule has 0 aromatic rings. The zero-order valence-electron chi connectivity index (χ0n) is 10.9. The molecule has 0 radical (unpaired) electrons. The molecule has 0 aromatic carbocycles. The lowest BCUT2D eigenvalue weighted by atomic mass is 9.99. The summed E-state index contributed by atoms with van der Waals surface area (Å²) in [7, 11) is 0. The van der Waals surface area contributed by atoms with Crippen molar-refractivity contribution in [2.45, 2.75) is 37.3 Å². The number of urea groups is 1. The van der Waals surface area contributed by atoms with Crippen LogP contribution in [0.5, 0.6) is 0 Å². The van der Waals surface area contributed by atoms with E-state index in [2.05, 4.69) is 16.0 Å². The molecular formula is C12H21N3O4. The van der Waals surface area contributed by atoms with E-state index in [-0.39, 0.29) is 6.61 Å². The van der Waals surface area contributed by atoms with Gasteiger partial charge in [0, 0.05) is 25.6 Å². The second-order valence-corrected chi connectivity index (χ2v) is 5.15. The van der Waals surface area contributed by atoms with Crippen LogP contribution in [0.15, 0.2) is 0 Å². The molecule has 1 saturated carbocycles. The van der Waals surface area contributed by atoms with Crippen molar-refractivity contribution in [2.24, 2.45) is 0 Å². The van der Waals surface area contributed by atoms with Gasteiger partial charge in [0.05, 0.1) is 6.61 Å². The number of carboxylic acid groups (broad SMARTS) is 1. The van der Waals surface area contributed by atoms with E-state index in [1.807, 2.05) is 0 Å². The molecule has 0 spiro atoms. The van der Waals surface area contributed by atoms with Crippen LogP contribution in [0.25, 0.3) is 0 Å². The van der Waals surface area contributed by atoms with Crippen molar-refractivity contribution >= 4 is 12.0 Å². The lowest BCUT2D eigenvalue weighted by Gasteiger charge is -2.23. The molecule has 19 heavy (non-hydrogen) atoms. The Morgan fingerprint density at radius 2 is 2.11 bits per heavy atom. The molecule has 1 atom stereocenters. The summed E-state index contributed by atoms with van der Waals surface area (Å²) < 4.78 is 5.07. The van der Waals surface area contributed by atoms with Crippen molar-refractivity contribution in [3.05, 3.63) is 0 Å². The van der Waals surface area contributed by atoms with Crippen LogP contribution in [0.1, 0.15) is 25.7 Å². The summed E-state index contributed by atoms with van der Waals surface area (Å²) in [6.07, 6.45) is 3.63. The van der Waals surface area contributed by atoms with Crippen LogP contribution in [-0.2, 0) is 9.53 Å². The molecule has 1 saturated heterocycles. The number of aliphatic carboxylic acids is 1. The summed E-state index contributed by atoms with van der Waals surface area (Å²) in [6.45, 7) is 1.79. The highest BCUT2D eigenvalue weighted by atomic mass is 16.5. The molecule has 1 unspecified atom stereocenters. The molecule has 2 aliphatic rings. The number of rotatable bonds is 7. The molecule has 7 nitrogen and oxygen atoms in total. The van der Waals surface area contributed by atoms with Gasteiger partial charge in [-0.15, -0.1) is 0 Å². The van der Waals surface area contributed by atoms with Gasteiger partial charge in [-0.1, -0.05) is 0 Å². The number of hydrogen-bond acceptors (Lipinski definition) is 4. The zero-order chi connectivity index (χ0) is 13.7. The quantitative estimate of drug-likeness (QED) is 0.475.